The predicted molar refractivity (Wildman–Crippen MR) is 143 cm³/mol. The Morgan fingerprint density at radius 1 is 1.00 bits per heavy atom. The van der Waals surface area contributed by atoms with Gasteiger partial charge in [0.15, 0.2) is 11.5 Å². The van der Waals surface area contributed by atoms with Gasteiger partial charge in [-0.25, -0.2) is 4.79 Å². The molecule has 2 amide bonds. The van der Waals surface area contributed by atoms with Crippen LogP contribution in [0.15, 0.2) is 18.2 Å². The minimum atomic E-state index is -1.39. The number of hydrogen-bond acceptors (Lipinski definition) is 7. The van der Waals surface area contributed by atoms with E-state index in [2.05, 4.69) is 20.8 Å². The molecule has 4 unspecified atom stereocenters. The molecule has 9 nitrogen and oxygen atoms in total. The van der Waals surface area contributed by atoms with Gasteiger partial charge in [-0.05, 0) is 85.3 Å². The van der Waals surface area contributed by atoms with Gasteiger partial charge in [0.05, 0.1) is 6.61 Å². The van der Waals surface area contributed by atoms with Crippen LogP contribution in [0.25, 0.3) is 0 Å². The van der Waals surface area contributed by atoms with Gasteiger partial charge in [0.1, 0.15) is 18.2 Å². The fraction of sp³-hybridized carbons (Fsp3) is 0.700. The molecule has 3 N–H and O–H groups in total. The fourth-order valence-corrected chi connectivity index (χ4v) is 8.03. The predicted octanol–water partition coefficient (Wildman–Crippen LogP) is 2.99. The highest BCUT2D eigenvalue weighted by atomic mass is 16.5. The van der Waals surface area contributed by atoms with E-state index in [1.807, 2.05) is 0 Å². The highest BCUT2D eigenvalue weighted by molar-refractivity contribution is 5.92. The molecule has 4 fully saturated rings. The average molecular weight is 543 g/mol. The molecule has 6 atom stereocenters. The molecule has 2 aliphatic carbocycles. The summed E-state index contributed by atoms with van der Waals surface area (Å²) in [6.07, 6.45) is 4.20. The van der Waals surface area contributed by atoms with Gasteiger partial charge in [-0.3, -0.25) is 9.59 Å². The zero-order valence-corrected chi connectivity index (χ0v) is 23.3. The van der Waals surface area contributed by atoms with E-state index in [1.54, 1.807) is 4.90 Å². The summed E-state index contributed by atoms with van der Waals surface area (Å²) in [5.41, 5.74) is 1.27. The molecule has 0 bridgehead atoms. The second kappa shape index (κ2) is 10.3. The summed E-state index contributed by atoms with van der Waals surface area (Å²) in [6, 6.07) is 2.77. The monoisotopic (exact) mass is 542 g/mol. The van der Waals surface area contributed by atoms with Crippen molar-refractivity contribution in [1.82, 2.24) is 9.80 Å². The van der Waals surface area contributed by atoms with E-state index in [0.717, 1.165) is 6.42 Å². The van der Waals surface area contributed by atoms with E-state index >= 15 is 0 Å². The number of amides is 2. The van der Waals surface area contributed by atoms with E-state index in [4.69, 9.17) is 4.74 Å². The average Bonchev–Trinajstić information content (AvgIpc) is 3.49. The van der Waals surface area contributed by atoms with Gasteiger partial charge in [0.2, 0.25) is 5.91 Å². The molecule has 0 spiro atoms. The first-order chi connectivity index (χ1) is 18.5. The van der Waals surface area contributed by atoms with Gasteiger partial charge in [-0.2, -0.15) is 0 Å². The SMILES string of the molecule is CC1(C)C2C(CCOC(=O)C3CCCN3C(=O)[C@@H]3CCCN3C(=O)[C@H](O)Cc3ccc(O)c(O)c3)CCC21C. The molecule has 2 saturated heterocycles. The van der Waals surface area contributed by atoms with Crippen molar-refractivity contribution < 1.29 is 34.4 Å². The van der Waals surface area contributed by atoms with Gasteiger partial charge in [-0.1, -0.05) is 26.8 Å². The number of likely N-dealkylation sites (tertiary alicyclic amines) is 2. The Hall–Kier alpha value is -2.81. The van der Waals surface area contributed by atoms with Crippen LogP contribution in [-0.4, -0.2) is 80.8 Å². The number of rotatable bonds is 8. The molecule has 2 saturated carbocycles. The van der Waals surface area contributed by atoms with Crippen LogP contribution in [0.4, 0.5) is 0 Å². The molecule has 214 valence electrons. The summed E-state index contributed by atoms with van der Waals surface area (Å²) in [4.78, 5) is 42.7. The second-order valence-electron chi connectivity index (χ2n) is 12.8. The molecule has 0 radical (unpaired) electrons. The Morgan fingerprint density at radius 2 is 1.69 bits per heavy atom. The van der Waals surface area contributed by atoms with Crippen LogP contribution >= 0.6 is 0 Å². The van der Waals surface area contributed by atoms with E-state index < -0.39 is 24.1 Å². The van der Waals surface area contributed by atoms with Gasteiger partial charge in [-0.15, -0.1) is 0 Å². The van der Waals surface area contributed by atoms with Crippen molar-refractivity contribution in [3.8, 4) is 11.5 Å². The van der Waals surface area contributed by atoms with Gasteiger partial charge in [0, 0.05) is 19.5 Å². The lowest BCUT2D eigenvalue weighted by molar-refractivity contribution is -0.156. The third kappa shape index (κ3) is 4.87. The summed E-state index contributed by atoms with van der Waals surface area (Å²) in [5.74, 6) is -0.518. The first-order valence-corrected chi connectivity index (χ1v) is 14.4. The summed E-state index contributed by atoms with van der Waals surface area (Å²) in [7, 11) is 0. The number of fused-ring (bicyclic) bond motifs is 1. The van der Waals surface area contributed by atoms with Gasteiger partial charge >= 0.3 is 5.97 Å². The van der Waals surface area contributed by atoms with Crippen LogP contribution in [0.3, 0.4) is 0 Å². The highest BCUT2D eigenvalue weighted by Gasteiger charge is 2.72. The Labute approximate surface area is 230 Å². The number of ether oxygens (including phenoxy) is 1. The fourth-order valence-electron chi connectivity index (χ4n) is 8.03. The summed E-state index contributed by atoms with van der Waals surface area (Å²) in [6.45, 7) is 8.23. The summed E-state index contributed by atoms with van der Waals surface area (Å²) >= 11 is 0. The maximum absolute atomic E-state index is 13.6. The van der Waals surface area contributed by atoms with Crippen LogP contribution < -0.4 is 0 Å². The summed E-state index contributed by atoms with van der Waals surface area (Å²) in [5, 5.41) is 29.8. The molecule has 4 aliphatic rings. The lowest BCUT2D eigenvalue weighted by Gasteiger charge is -2.31. The van der Waals surface area contributed by atoms with Crippen LogP contribution in [0.5, 0.6) is 11.5 Å². The Bertz CT molecular complexity index is 1140. The number of carbonyl (C=O) groups excluding carboxylic acids is 3. The minimum absolute atomic E-state index is 0.0546. The minimum Gasteiger partial charge on any atom is -0.504 e. The van der Waals surface area contributed by atoms with Crippen LogP contribution in [0.2, 0.25) is 0 Å². The zero-order valence-electron chi connectivity index (χ0n) is 23.3. The molecule has 5 rings (SSSR count). The molecular formula is C30H42N2O7. The van der Waals surface area contributed by atoms with Crippen molar-refractivity contribution in [1.29, 1.82) is 0 Å². The maximum atomic E-state index is 13.6. The van der Waals surface area contributed by atoms with E-state index in [0.29, 0.717) is 73.6 Å². The lowest BCUT2D eigenvalue weighted by atomic mass is 9.88. The molecule has 1 aromatic rings. The Balaban J connectivity index is 1.15. The largest absolute Gasteiger partial charge is 0.504 e. The number of nitrogens with zero attached hydrogens (tertiary/aromatic N) is 2. The van der Waals surface area contributed by atoms with Crippen molar-refractivity contribution in [3.63, 3.8) is 0 Å². The number of phenolic OH excluding ortho intramolecular Hbond substituents is 2. The number of aliphatic hydroxyl groups is 1. The van der Waals surface area contributed by atoms with E-state index in [-0.39, 0.29) is 29.8 Å². The van der Waals surface area contributed by atoms with Crippen molar-refractivity contribution in [2.45, 2.75) is 90.3 Å². The summed E-state index contributed by atoms with van der Waals surface area (Å²) < 4.78 is 5.70. The number of carbonyl (C=O) groups is 3. The third-order valence-corrected chi connectivity index (χ3v) is 10.5. The number of aliphatic hydroxyl groups excluding tert-OH is 1. The molecule has 2 heterocycles. The van der Waals surface area contributed by atoms with Crippen molar-refractivity contribution in [3.05, 3.63) is 23.8 Å². The first kappa shape index (κ1) is 27.7. The normalized spacial score (nSPS) is 31.7. The quantitative estimate of drug-likeness (QED) is 0.340. The Kier molecular flexibility index (Phi) is 7.33. The molecule has 39 heavy (non-hydrogen) atoms. The molecule has 1 aromatic carbocycles. The van der Waals surface area contributed by atoms with E-state index in [9.17, 15) is 29.7 Å². The maximum Gasteiger partial charge on any atom is 0.328 e. The smallest absolute Gasteiger partial charge is 0.328 e. The van der Waals surface area contributed by atoms with Crippen LogP contribution in [0, 0.1) is 22.7 Å². The Morgan fingerprint density at radius 3 is 2.36 bits per heavy atom. The molecule has 0 aromatic heterocycles. The standard InChI is InChI=1S/C30H42N2O7/c1-29(2)25-19(10-12-30(25,29)3)11-15-39-28(38)21-7-5-14-32(21)26(36)20-6-4-13-31(20)27(37)24(35)17-18-8-9-22(33)23(34)16-18/h8-9,16,19-21,24-25,33-35H,4-7,10-15,17H2,1-3H3/t19?,20-,21?,24+,25?,30?/m0/s1. The lowest BCUT2D eigenvalue weighted by Crippen LogP contribution is -2.53. The van der Waals surface area contributed by atoms with E-state index in [1.165, 1.54) is 35.9 Å². The number of hydrogen-bond donors (Lipinski definition) is 3. The van der Waals surface area contributed by atoms with Crippen molar-refractivity contribution in [2.24, 2.45) is 22.7 Å². The molecular weight excluding hydrogens is 500 g/mol. The number of aromatic hydroxyl groups is 2. The number of esters is 1. The zero-order chi connectivity index (χ0) is 28.1. The van der Waals surface area contributed by atoms with Gasteiger partial charge < -0.3 is 29.9 Å². The molecule has 9 heteroatoms. The van der Waals surface area contributed by atoms with Crippen molar-refractivity contribution in [2.75, 3.05) is 19.7 Å². The number of phenols is 2. The first-order valence-electron chi connectivity index (χ1n) is 14.4. The molecule has 2 aliphatic heterocycles. The van der Waals surface area contributed by atoms with Crippen molar-refractivity contribution >= 4 is 17.8 Å². The number of benzene rings is 1. The highest BCUT2D eigenvalue weighted by Crippen LogP contribution is 2.78. The van der Waals surface area contributed by atoms with Crippen LogP contribution in [0.1, 0.15) is 71.3 Å². The van der Waals surface area contributed by atoms with Gasteiger partial charge in [0.25, 0.3) is 5.91 Å². The third-order valence-electron chi connectivity index (χ3n) is 10.5. The van der Waals surface area contributed by atoms with Crippen LogP contribution in [-0.2, 0) is 25.5 Å². The topological polar surface area (TPSA) is 128 Å². The second-order valence-corrected chi connectivity index (χ2v) is 12.8.